The van der Waals surface area contributed by atoms with E-state index in [2.05, 4.69) is 10.1 Å². The number of aromatic carboxylic acids is 1. The third kappa shape index (κ3) is 2.07. The van der Waals surface area contributed by atoms with Gasteiger partial charge in [0.2, 0.25) is 0 Å². The molecular formula is C15H12FN3O3. The fourth-order valence-electron chi connectivity index (χ4n) is 2.33. The second-order valence-corrected chi connectivity index (χ2v) is 5.03. The molecule has 1 aromatic carbocycles. The lowest BCUT2D eigenvalue weighted by atomic mass is 10.1. The number of hydrogen-bond acceptors (Lipinski definition) is 3. The Bertz CT molecular complexity index is 972. The number of benzene rings is 1. The largest absolute Gasteiger partial charge is 0.476 e. The molecule has 0 fully saturated rings. The van der Waals surface area contributed by atoms with Crippen molar-refractivity contribution in [3.05, 3.63) is 57.4 Å². The molecule has 0 aliphatic rings. The van der Waals surface area contributed by atoms with Gasteiger partial charge in [-0.15, -0.1) is 0 Å². The molecule has 3 aromatic rings. The van der Waals surface area contributed by atoms with Gasteiger partial charge in [0, 0.05) is 11.1 Å². The van der Waals surface area contributed by atoms with Crippen LogP contribution in [0.25, 0.3) is 16.8 Å². The zero-order valence-electron chi connectivity index (χ0n) is 11.8. The zero-order chi connectivity index (χ0) is 16.0. The predicted octanol–water partition coefficient (Wildman–Crippen LogP) is 2.14. The van der Waals surface area contributed by atoms with Crippen molar-refractivity contribution in [2.45, 2.75) is 13.8 Å². The Morgan fingerprint density at radius 1 is 1.36 bits per heavy atom. The average Bonchev–Trinajstić information content (AvgIpc) is 2.79. The molecule has 0 unspecified atom stereocenters. The van der Waals surface area contributed by atoms with Crippen LogP contribution in [0, 0.1) is 19.7 Å². The van der Waals surface area contributed by atoms with Gasteiger partial charge in [-0.2, -0.15) is 5.10 Å². The first-order valence-corrected chi connectivity index (χ1v) is 6.50. The molecule has 0 atom stereocenters. The van der Waals surface area contributed by atoms with E-state index in [0.717, 1.165) is 0 Å². The maximum Gasteiger partial charge on any atom is 0.356 e. The zero-order valence-corrected chi connectivity index (χ0v) is 11.8. The number of H-pyrrole nitrogens is 1. The molecule has 2 aromatic heterocycles. The number of nitrogens with one attached hydrogen (secondary N) is 1. The van der Waals surface area contributed by atoms with Gasteiger partial charge in [0.15, 0.2) is 5.69 Å². The standard InChI is InChI=1S/C15H12FN3O3/c1-7-3-4-9(5-10(7)16)11-6-19-13(14(20)17-11)8(2)12(18-19)15(21)22/h3-6H,1-2H3,(H,17,20)(H,21,22). The maximum absolute atomic E-state index is 13.7. The Labute approximate surface area is 123 Å². The summed E-state index contributed by atoms with van der Waals surface area (Å²) in [5.41, 5.74) is 1.12. The van der Waals surface area contributed by atoms with Gasteiger partial charge in [-0.05, 0) is 25.5 Å². The first-order valence-electron chi connectivity index (χ1n) is 6.50. The summed E-state index contributed by atoms with van der Waals surface area (Å²) in [6.07, 6.45) is 1.47. The van der Waals surface area contributed by atoms with Crippen LogP contribution >= 0.6 is 0 Å². The van der Waals surface area contributed by atoms with Crippen LogP contribution in [-0.4, -0.2) is 25.7 Å². The Morgan fingerprint density at radius 2 is 2.09 bits per heavy atom. The Balaban J connectivity index is 2.27. The SMILES string of the molecule is Cc1ccc(-c2cn3nc(C(=O)O)c(C)c3c(=O)[nH]2)cc1F. The molecule has 0 aliphatic heterocycles. The highest BCUT2D eigenvalue weighted by Gasteiger charge is 2.18. The summed E-state index contributed by atoms with van der Waals surface area (Å²) < 4.78 is 14.9. The van der Waals surface area contributed by atoms with E-state index in [9.17, 15) is 14.0 Å². The number of carboxylic acids is 1. The summed E-state index contributed by atoms with van der Waals surface area (Å²) in [5, 5.41) is 13.0. The van der Waals surface area contributed by atoms with Crippen LogP contribution in [0.4, 0.5) is 4.39 Å². The van der Waals surface area contributed by atoms with Crippen LogP contribution in [0.1, 0.15) is 21.6 Å². The number of aromatic nitrogens is 3. The quantitative estimate of drug-likeness (QED) is 0.759. The Kier molecular flexibility index (Phi) is 3.05. The Hall–Kier alpha value is -2.96. The minimum atomic E-state index is -1.21. The van der Waals surface area contributed by atoms with Crippen LogP contribution in [0.2, 0.25) is 0 Å². The van der Waals surface area contributed by atoms with Crippen molar-refractivity contribution in [2.24, 2.45) is 0 Å². The predicted molar refractivity (Wildman–Crippen MR) is 77.6 cm³/mol. The number of carbonyl (C=O) groups is 1. The monoisotopic (exact) mass is 301 g/mol. The molecule has 3 rings (SSSR count). The van der Waals surface area contributed by atoms with Crippen molar-refractivity contribution in [1.82, 2.24) is 14.6 Å². The smallest absolute Gasteiger partial charge is 0.356 e. The molecule has 7 heteroatoms. The van der Waals surface area contributed by atoms with Gasteiger partial charge in [-0.1, -0.05) is 12.1 Å². The molecule has 6 nitrogen and oxygen atoms in total. The van der Waals surface area contributed by atoms with Gasteiger partial charge in [-0.3, -0.25) is 4.79 Å². The first-order chi connectivity index (χ1) is 10.4. The molecule has 0 radical (unpaired) electrons. The highest BCUT2D eigenvalue weighted by atomic mass is 19.1. The lowest BCUT2D eigenvalue weighted by Crippen LogP contribution is -2.11. The van der Waals surface area contributed by atoms with Gasteiger partial charge >= 0.3 is 5.97 Å². The molecule has 0 spiro atoms. The van der Waals surface area contributed by atoms with Crippen molar-refractivity contribution < 1.29 is 14.3 Å². The summed E-state index contributed by atoms with van der Waals surface area (Å²) in [6.45, 7) is 3.16. The highest BCUT2D eigenvalue weighted by molar-refractivity contribution is 5.89. The summed E-state index contributed by atoms with van der Waals surface area (Å²) in [4.78, 5) is 25.9. The van der Waals surface area contributed by atoms with E-state index in [1.54, 1.807) is 19.1 Å². The van der Waals surface area contributed by atoms with E-state index in [1.165, 1.54) is 23.7 Å². The molecule has 0 bridgehead atoms. The van der Waals surface area contributed by atoms with Gasteiger partial charge in [0.05, 0.1) is 11.9 Å². The average molecular weight is 301 g/mol. The Morgan fingerprint density at radius 3 is 2.73 bits per heavy atom. The number of aryl methyl sites for hydroxylation is 2. The van der Waals surface area contributed by atoms with Crippen molar-refractivity contribution >= 4 is 11.5 Å². The maximum atomic E-state index is 13.7. The molecule has 2 N–H and O–H groups in total. The number of halogens is 1. The fraction of sp³-hybridized carbons (Fsp3) is 0.133. The normalized spacial score (nSPS) is 11.0. The highest BCUT2D eigenvalue weighted by Crippen LogP contribution is 2.20. The third-order valence-corrected chi connectivity index (χ3v) is 3.55. The molecule has 0 amide bonds. The topological polar surface area (TPSA) is 87.5 Å². The molecule has 22 heavy (non-hydrogen) atoms. The van der Waals surface area contributed by atoms with E-state index in [4.69, 9.17) is 5.11 Å². The first kappa shape index (κ1) is 14.0. The number of aromatic amines is 1. The fourth-order valence-corrected chi connectivity index (χ4v) is 2.33. The van der Waals surface area contributed by atoms with E-state index < -0.39 is 11.5 Å². The third-order valence-electron chi connectivity index (χ3n) is 3.55. The second-order valence-electron chi connectivity index (χ2n) is 5.03. The van der Waals surface area contributed by atoms with Crippen LogP contribution in [0.5, 0.6) is 0 Å². The molecule has 112 valence electrons. The van der Waals surface area contributed by atoms with Crippen LogP contribution < -0.4 is 5.56 Å². The molecule has 0 saturated carbocycles. The van der Waals surface area contributed by atoms with E-state index in [1.807, 2.05) is 0 Å². The minimum absolute atomic E-state index is 0.161. The lowest BCUT2D eigenvalue weighted by Gasteiger charge is -2.04. The van der Waals surface area contributed by atoms with E-state index in [-0.39, 0.29) is 22.6 Å². The van der Waals surface area contributed by atoms with Crippen molar-refractivity contribution in [2.75, 3.05) is 0 Å². The van der Waals surface area contributed by atoms with Gasteiger partial charge in [0.1, 0.15) is 11.3 Å². The number of rotatable bonds is 2. The van der Waals surface area contributed by atoms with Crippen molar-refractivity contribution in [1.29, 1.82) is 0 Å². The number of hydrogen-bond donors (Lipinski definition) is 2. The van der Waals surface area contributed by atoms with Gasteiger partial charge < -0.3 is 10.1 Å². The summed E-state index contributed by atoms with van der Waals surface area (Å²) in [7, 11) is 0. The van der Waals surface area contributed by atoms with E-state index >= 15 is 0 Å². The lowest BCUT2D eigenvalue weighted by molar-refractivity contribution is 0.0689. The number of nitrogens with zero attached hydrogens (tertiary/aromatic N) is 2. The van der Waals surface area contributed by atoms with E-state index in [0.29, 0.717) is 16.8 Å². The van der Waals surface area contributed by atoms with Gasteiger partial charge in [-0.25, -0.2) is 13.7 Å². The second kappa shape index (κ2) is 4.80. The van der Waals surface area contributed by atoms with Crippen molar-refractivity contribution in [3.8, 4) is 11.3 Å². The van der Waals surface area contributed by atoms with Gasteiger partial charge in [0.25, 0.3) is 5.56 Å². The molecule has 0 saturated heterocycles. The number of carboxylic acid groups (broad SMARTS) is 1. The van der Waals surface area contributed by atoms with Crippen LogP contribution in [0.15, 0.2) is 29.2 Å². The summed E-state index contributed by atoms with van der Waals surface area (Å²) in [6, 6.07) is 4.58. The van der Waals surface area contributed by atoms with Crippen LogP contribution in [-0.2, 0) is 0 Å². The van der Waals surface area contributed by atoms with Crippen molar-refractivity contribution in [3.63, 3.8) is 0 Å². The summed E-state index contributed by atoms with van der Waals surface area (Å²) in [5.74, 6) is -1.59. The number of fused-ring (bicyclic) bond motifs is 1. The summed E-state index contributed by atoms with van der Waals surface area (Å²) >= 11 is 0. The van der Waals surface area contributed by atoms with Crippen LogP contribution in [0.3, 0.4) is 0 Å². The minimum Gasteiger partial charge on any atom is -0.476 e. The molecular weight excluding hydrogens is 289 g/mol. The molecule has 2 heterocycles. The molecule has 0 aliphatic carbocycles.